The summed E-state index contributed by atoms with van der Waals surface area (Å²) in [6, 6.07) is 0.301. The minimum atomic E-state index is 0.301. The van der Waals surface area contributed by atoms with Gasteiger partial charge in [-0.15, -0.1) is 0 Å². The number of aryl methyl sites for hydroxylation is 1. The zero-order valence-corrected chi connectivity index (χ0v) is 9.95. The summed E-state index contributed by atoms with van der Waals surface area (Å²) in [5.41, 5.74) is 2.09. The third kappa shape index (κ3) is 3.96. The number of rotatable bonds is 6. The van der Waals surface area contributed by atoms with Crippen LogP contribution in [0.3, 0.4) is 0 Å². The van der Waals surface area contributed by atoms with Gasteiger partial charge < -0.3 is 5.32 Å². The number of hydrogen-bond acceptors (Lipinski definition) is 3. The molecule has 3 heteroatoms. The molecule has 15 heavy (non-hydrogen) atoms. The van der Waals surface area contributed by atoms with Gasteiger partial charge in [0.05, 0.1) is 11.4 Å². The van der Waals surface area contributed by atoms with Crippen LogP contribution in [-0.4, -0.2) is 16.5 Å². The Balaban J connectivity index is 2.40. The lowest BCUT2D eigenvalue weighted by atomic mass is 10.2. The Morgan fingerprint density at radius 2 is 2.00 bits per heavy atom. The SMILES string of the molecule is CCCCCNC(C)c1nccnc1C. The van der Waals surface area contributed by atoms with E-state index in [4.69, 9.17) is 0 Å². The summed E-state index contributed by atoms with van der Waals surface area (Å²) in [7, 11) is 0. The van der Waals surface area contributed by atoms with Gasteiger partial charge in [0, 0.05) is 18.4 Å². The van der Waals surface area contributed by atoms with E-state index in [1.54, 1.807) is 12.4 Å². The average Bonchev–Trinajstić information content (AvgIpc) is 2.25. The molecule has 84 valence electrons. The van der Waals surface area contributed by atoms with Gasteiger partial charge in [0.2, 0.25) is 0 Å². The highest BCUT2D eigenvalue weighted by atomic mass is 14.9. The Morgan fingerprint density at radius 3 is 2.67 bits per heavy atom. The van der Waals surface area contributed by atoms with Gasteiger partial charge in [-0.3, -0.25) is 9.97 Å². The molecule has 0 aromatic carbocycles. The van der Waals surface area contributed by atoms with Crippen molar-refractivity contribution < 1.29 is 0 Å². The van der Waals surface area contributed by atoms with Crippen LogP contribution in [0.4, 0.5) is 0 Å². The third-order valence-electron chi connectivity index (χ3n) is 2.56. The first-order valence-electron chi connectivity index (χ1n) is 5.76. The second kappa shape index (κ2) is 6.51. The molecule has 0 aliphatic rings. The van der Waals surface area contributed by atoms with Crippen molar-refractivity contribution in [3.05, 3.63) is 23.8 Å². The molecule has 0 fully saturated rings. The van der Waals surface area contributed by atoms with Crippen molar-refractivity contribution in [2.24, 2.45) is 0 Å². The summed E-state index contributed by atoms with van der Waals surface area (Å²) in [6.07, 6.45) is 7.29. The van der Waals surface area contributed by atoms with E-state index >= 15 is 0 Å². The van der Waals surface area contributed by atoms with Crippen LogP contribution in [0.25, 0.3) is 0 Å². The van der Waals surface area contributed by atoms with E-state index in [0.717, 1.165) is 17.9 Å². The van der Waals surface area contributed by atoms with E-state index in [1.165, 1.54) is 19.3 Å². The molecule has 0 spiro atoms. The molecule has 1 aromatic heterocycles. The van der Waals surface area contributed by atoms with Crippen molar-refractivity contribution in [3.63, 3.8) is 0 Å². The maximum Gasteiger partial charge on any atom is 0.0782 e. The largest absolute Gasteiger partial charge is 0.309 e. The van der Waals surface area contributed by atoms with E-state index in [9.17, 15) is 0 Å². The van der Waals surface area contributed by atoms with Gasteiger partial charge in [0.25, 0.3) is 0 Å². The van der Waals surface area contributed by atoms with Gasteiger partial charge in [0.15, 0.2) is 0 Å². The topological polar surface area (TPSA) is 37.8 Å². The number of aromatic nitrogens is 2. The predicted octanol–water partition coefficient (Wildman–Crippen LogP) is 2.63. The van der Waals surface area contributed by atoms with Crippen molar-refractivity contribution in [1.82, 2.24) is 15.3 Å². The number of nitrogens with one attached hydrogen (secondary N) is 1. The molecular weight excluding hydrogens is 186 g/mol. The minimum absolute atomic E-state index is 0.301. The fourth-order valence-corrected chi connectivity index (χ4v) is 1.63. The maximum atomic E-state index is 4.35. The van der Waals surface area contributed by atoms with Crippen LogP contribution in [0.2, 0.25) is 0 Å². The summed E-state index contributed by atoms with van der Waals surface area (Å²) in [6.45, 7) is 7.43. The Labute approximate surface area is 92.3 Å². The van der Waals surface area contributed by atoms with Crippen molar-refractivity contribution in [2.75, 3.05) is 6.54 Å². The van der Waals surface area contributed by atoms with Crippen LogP contribution in [0.5, 0.6) is 0 Å². The fraction of sp³-hybridized carbons (Fsp3) is 0.667. The molecule has 3 nitrogen and oxygen atoms in total. The van der Waals surface area contributed by atoms with E-state index in [0.29, 0.717) is 6.04 Å². The van der Waals surface area contributed by atoms with E-state index in [1.807, 2.05) is 6.92 Å². The van der Waals surface area contributed by atoms with Crippen LogP contribution in [-0.2, 0) is 0 Å². The quantitative estimate of drug-likeness (QED) is 0.729. The van der Waals surface area contributed by atoms with Gasteiger partial charge in [-0.25, -0.2) is 0 Å². The predicted molar refractivity (Wildman–Crippen MR) is 62.7 cm³/mol. The smallest absolute Gasteiger partial charge is 0.0782 e. The number of hydrogen-bond donors (Lipinski definition) is 1. The van der Waals surface area contributed by atoms with Crippen molar-refractivity contribution in [1.29, 1.82) is 0 Å². The van der Waals surface area contributed by atoms with E-state index in [-0.39, 0.29) is 0 Å². The summed E-state index contributed by atoms with van der Waals surface area (Å²) in [5, 5.41) is 3.47. The van der Waals surface area contributed by atoms with Crippen LogP contribution >= 0.6 is 0 Å². The van der Waals surface area contributed by atoms with Crippen molar-refractivity contribution >= 4 is 0 Å². The highest BCUT2D eigenvalue weighted by Gasteiger charge is 2.08. The highest BCUT2D eigenvalue weighted by Crippen LogP contribution is 2.11. The first-order chi connectivity index (χ1) is 7.25. The van der Waals surface area contributed by atoms with Crippen molar-refractivity contribution in [2.45, 2.75) is 46.1 Å². The molecule has 1 rings (SSSR count). The average molecular weight is 207 g/mol. The monoisotopic (exact) mass is 207 g/mol. The lowest BCUT2D eigenvalue weighted by molar-refractivity contribution is 0.530. The zero-order chi connectivity index (χ0) is 11.1. The molecule has 1 heterocycles. The lowest BCUT2D eigenvalue weighted by Gasteiger charge is -2.14. The molecule has 0 saturated heterocycles. The van der Waals surface area contributed by atoms with Gasteiger partial charge in [-0.1, -0.05) is 19.8 Å². The molecule has 1 atom stereocenters. The molecule has 0 aliphatic heterocycles. The molecular formula is C12H21N3. The van der Waals surface area contributed by atoms with Crippen molar-refractivity contribution in [3.8, 4) is 0 Å². The van der Waals surface area contributed by atoms with Crippen LogP contribution in [0, 0.1) is 6.92 Å². The van der Waals surface area contributed by atoms with Crippen LogP contribution in [0.15, 0.2) is 12.4 Å². The van der Waals surface area contributed by atoms with E-state index < -0.39 is 0 Å². The normalized spacial score (nSPS) is 12.7. The molecule has 0 radical (unpaired) electrons. The Morgan fingerprint density at radius 1 is 1.27 bits per heavy atom. The van der Waals surface area contributed by atoms with Gasteiger partial charge in [-0.05, 0) is 26.8 Å². The maximum absolute atomic E-state index is 4.35. The standard InChI is InChI=1S/C12H21N3/c1-4-5-6-7-13-10(2)12-11(3)14-8-9-15-12/h8-10,13H,4-7H2,1-3H3. The van der Waals surface area contributed by atoms with Gasteiger partial charge >= 0.3 is 0 Å². The molecule has 1 N–H and O–H groups in total. The highest BCUT2D eigenvalue weighted by molar-refractivity contribution is 5.12. The zero-order valence-electron chi connectivity index (χ0n) is 9.95. The molecule has 1 unspecified atom stereocenters. The Hall–Kier alpha value is -0.960. The summed E-state index contributed by atoms with van der Waals surface area (Å²) < 4.78 is 0. The summed E-state index contributed by atoms with van der Waals surface area (Å²) in [5.74, 6) is 0. The van der Waals surface area contributed by atoms with E-state index in [2.05, 4.69) is 29.1 Å². The van der Waals surface area contributed by atoms with Crippen LogP contribution < -0.4 is 5.32 Å². The Kier molecular flexibility index (Phi) is 5.26. The second-order valence-electron chi connectivity index (χ2n) is 3.91. The first-order valence-corrected chi connectivity index (χ1v) is 5.76. The minimum Gasteiger partial charge on any atom is -0.309 e. The third-order valence-corrected chi connectivity index (χ3v) is 2.56. The summed E-state index contributed by atoms with van der Waals surface area (Å²) in [4.78, 5) is 8.59. The molecule has 0 amide bonds. The summed E-state index contributed by atoms with van der Waals surface area (Å²) >= 11 is 0. The molecule has 0 bridgehead atoms. The lowest BCUT2D eigenvalue weighted by Crippen LogP contribution is -2.21. The fourth-order valence-electron chi connectivity index (χ4n) is 1.63. The Bertz CT molecular complexity index is 286. The molecule has 0 saturated carbocycles. The van der Waals surface area contributed by atoms with Gasteiger partial charge in [0.1, 0.15) is 0 Å². The molecule has 0 aliphatic carbocycles. The molecule has 1 aromatic rings. The first kappa shape index (κ1) is 12.1. The van der Waals surface area contributed by atoms with Gasteiger partial charge in [-0.2, -0.15) is 0 Å². The number of unbranched alkanes of at least 4 members (excludes halogenated alkanes) is 2. The number of nitrogens with zero attached hydrogens (tertiary/aromatic N) is 2. The van der Waals surface area contributed by atoms with Crippen LogP contribution in [0.1, 0.15) is 50.5 Å². The second-order valence-corrected chi connectivity index (χ2v) is 3.91.